The van der Waals surface area contributed by atoms with E-state index < -0.39 is 11.5 Å². The van der Waals surface area contributed by atoms with E-state index in [2.05, 4.69) is 17.2 Å². The summed E-state index contributed by atoms with van der Waals surface area (Å²) in [6, 6.07) is 16.2. The number of thiophene rings is 1. The normalized spacial score (nSPS) is 15.3. The summed E-state index contributed by atoms with van der Waals surface area (Å²) in [7, 11) is 0. The van der Waals surface area contributed by atoms with Gasteiger partial charge in [0.15, 0.2) is 0 Å². The Labute approximate surface area is 188 Å². The first kappa shape index (κ1) is 20.3. The van der Waals surface area contributed by atoms with Gasteiger partial charge in [0.1, 0.15) is 27.6 Å². The molecular formula is C25H22N2O4S. The van der Waals surface area contributed by atoms with Crippen LogP contribution < -0.4 is 15.6 Å². The molecule has 4 aromatic rings. The first-order valence-corrected chi connectivity index (χ1v) is 11.3. The van der Waals surface area contributed by atoms with E-state index in [1.54, 1.807) is 24.3 Å². The number of H-pyrrole nitrogens is 1. The molecule has 0 bridgehead atoms. The predicted octanol–water partition coefficient (Wildman–Crippen LogP) is 5.46. The summed E-state index contributed by atoms with van der Waals surface area (Å²) in [4.78, 5) is 30.1. The van der Waals surface area contributed by atoms with Crippen LogP contribution in [0.3, 0.4) is 0 Å². The van der Waals surface area contributed by atoms with Crippen molar-refractivity contribution >= 4 is 33.1 Å². The van der Waals surface area contributed by atoms with Gasteiger partial charge < -0.3 is 20.1 Å². The molecular weight excluding hydrogens is 424 g/mol. The first-order chi connectivity index (χ1) is 15.5. The van der Waals surface area contributed by atoms with Gasteiger partial charge in [-0.1, -0.05) is 25.1 Å². The summed E-state index contributed by atoms with van der Waals surface area (Å²) < 4.78 is 5.75. The van der Waals surface area contributed by atoms with Gasteiger partial charge in [0.05, 0.1) is 5.39 Å². The number of aromatic amines is 1. The molecule has 0 radical (unpaired) electrons. The first-order valence-electron chi connectivity index (χ1n) is 10.5. The van der Waals surface area contributed by atoms with Crippen LogP contribution in [0.2, 0.25) is 0 Å². The summed E-state index contributed by atoms with van der Waals surface area (Å²) in [6.07, 6.45) is 2.78. The zero-order valence-corrected chi connectivity index (χ0v) is 18.3. The number of fused-ring (bicyclic) bond motifs is 3. The largest absolute Gasteiger partial charge is 0.506 e. The molecule has 3 N–H and O–H groups in total. The number of aryl methyl sites for hydroxylation is 1. The maximum atomic E-state index is 12.9. The molecule has 1 aliphatic carbocycles. The monoisotopic (exact) mass is 446 g/mol. The van der Waals surface area contributed by atoms with Gasteiger partial charge in [0, 0.05) is 10.6 Å². The van der Waals surface area contributed by atoms with Crippen molar-refractivity contribution in [3.63, 3.8) is 0 Å². The number of hydrogen-bond donors (Lipinski definition) is 3. The Hall–Kier alpha value is -3.58. The number of ether oxygens (including phenoxy) is 1. The quantitative estimate of drug-likeness (QED) is 0.388. The van der Waals surface area contributed by atoms with Gasteiger partial charge in [-0.25, -0.2) is 0 Å². The molecule has 2 heterocycles. The standard InChI is InChI=1S/C25H22N2O4S/c1-14-7-12-18-19(13-14)32-25-20(18)22(28)21(24(30)27-25)23(29)26-15-8-10-17(11-9-15)31-16-5-3-2-4-6-16/h2-6,8-11,14H,7,12-13H2,1H3,(H,26,29)(H2,27,28,30)/t14-/m1/s1. The second-order valence-electron chi connectivity index (χ2n) is 8.13. The second kappa shape index (κ2) is 8.16. The molecule has 0 saturated heterocycles. The van der Waals surface area contributed by atoms with Crippen molar-refractivity contribution in [1.29, 1.82) is 0 Å². The third-order valence-electron chi connectivity index (χ3n) is 5.76. The van der Waals surface area contributed by atoms with E-state index in [4.69, 9.17) is 4.74 Å². The van der Waals surface area contributed by atoms with E-state index in [9.17, 15) is 14.7 Å². The fourth-order valence-corrected chi connectivity index (χ4v) is 5.53. The Kier molecular flexibility index (Phi) is 5.19. The lowest BCUT2D eigenvalue weighted by Crippen LogP contribution is -2.23. The molecule has 5 rings (SSSR count). The molecule has 0 unspecified atom stereocenters. The summed E-state index contributed by atoms with van der Waals surface area (Å²) in [5.41, 5.74) is 0.688. The van der Waals surface area contributed by atoms with Crippen LogP contribution in [0.25, 0.3) is 10.2 Å². The van der Waals surface area contributed by atoms with Crippen molar-refractivity contribution < 1.29 is 14.6 Å². The van der Waals surface area contributed by atoms with Crippen LogP contribution in [0.1, 0.15) is 34.1 Å². The van der Waals surface area contributed by atoms with E-state index in [-0.39, 0.29) is 11.3 Å². The molecule has 0 aliphatic heterocycles. The van der Waals surface area contributed by atoms with Crippen molar-refractivity contribution in [1.82, 2.24) is 4.98 Å². The van der Waals surface area contributed by atoms with Crippen molar-refractivity contribution in [2.75, 3.05) is 5.32 Å². The predicted molar refractivity (Wildman–Crippen MR) is 126 cm³/mol. The fraction of sp³-hybridized carbons (Fsp3) is 0.200. The average molecular weight is 447 g/mol. The number of nitrogens with one attached hydrogen (secondary N) is 2. The van der Waals surface area contributed by atoms with Crippen LogP contribution in [0, 0.1) is 5.92 Å². The minimum absolute atomic E-state index is 0.239. The molecule has 0 fully saturated rings. The van der Waals surface area contributed by atoms with Crippen LogP contribution in [0.15, 0.2) is 59.4 Å². The van der Waals surface area contributed by atoms with Gasteiger partial charge >= 0.3 is 0 Å². The van der Waals surface area contributed by atoms with E-state index in [1.807, 2.05) is 30.3 Å². The van der Waals surface area contributed by atoms with Crippen molar-refractivity contribution in [3.8, 4) is 17.2 Å². The molecule has 0 saturated carbocycles. The lowest BCUT2D eigenvalue weighted by molar-refractivity contribution is 0.102. The maximum absolute atomic E-state index is 12.9. The van der Waals surface area contributed by atoms with Crippen molar-refractivity contribution in [2.24, 2.45) is 5.92 Å². The van der Waals surface area contributed by atoms with E-state index in [0.717, 1.165) is 24.8 Å². The van der Waals surface area contributed by atoms with Crippen LogP contribution in [0.5, 0.6) is 17.2 Å². The van der Waals surface area contributed by atoms with Crippen molar-refractivity contribution in [2.45, 2.75) is 26.2 Å². The van der Waals surface area contributed by atoms with E-state index >= 15 is 0 Å². The molecule has 1 amide bonds. The third-order valence-corrected chi connectivity index (χ3v) is 6.93. The number of hydrogen-bond acceptors (Lipinski definition) is 5. The lowest BCUT2D eigenvalue weighted by atomic mass is 9.89. The summed E-state index contributed by atoms with van der Waals surface area (Å²) in [5.74, 6) is 1.02. The Balaban J connectivity index is 1.41. The average Bonchev–Trinajstić information content (AvgIpc) is 3.13. The van der Waals surface area contributed by atoms with Gasteiger partial charge in [0.25, 0.3) is 11.5 Å². The SMILES string of the molecule is C[C@@H]1CCc2c(sc3[nH]c(=O)c(C(=O)Nc4ccc(Oc5ccccc5)cc4)c(O)c23)C1. The molecule has 32 heavy (non-hydrogen) atoms. The van der Waals surface area contributed by atoms with Gasteiger partial charge in [-0.05, 0) is 67.1 Å². The minimum atomic E-state index is -0.647. The minimum Gasteiger partial charge on any atom is -0.506 e. The third kappa shape index (κ3) is 3.76. The van der Waals surface area contributed by atoms with Gasteiger partial charge in [-0.3, -0.25) is 9.59 Å². The molecule has 6 nitrogen and oxygen atoms in total. The zero-order chi connectivity index (χ0) is 22.2. The van der Waals surface area contributed by atoms with Crippen LogP contribution in [-0.4, -0.2) is 16.0 Å². The Morgan fingerprint density at radius 3 is 2.59 bits per heavy atom. The van der Waals surface area contributed by atoms with Gasteiger partial charge in [-0.2, -0.15) is 0 Å². The summed E-state index contributed by atoms with van der Waals surface area (Å²) >= 11 is 1.50. The smallest absolute Gasteiger partial charge is 0.265 e. The number of aromatic hydroxyl groups is 1. The van der Waals surface area contributed by atoms with E-state index in [0.29, 0.717) is 33.3 Å². The molecule has 2 aromatic heterocycles. The molecule has 0 spiro atoms. The fourth-order valence-electron chi connectivity index (χ4n) is 4.12. The number of carbonyl (C=O) groups is 1. The lowest BCUT2D eigenvalue weighted by Gasteiger charge is -2.18. The molecule has 1 aliphatic rings. The molecule has 2 aromatic carbocycles. The maximum Gasteiger partial charge on any atom is 0.265 e. The molecule has 1 atom stereocenters. The Bertz CT molecular complexity index is 1360. The van der Waals surface area contributed by atoms with Gasteiger partial charge in [-0.15, -0.1) is 11.3 Å². The van der Waals surface area contributed by atoms with E-state index in [1.165, 1.54) is 16.2 Å². The number of rotatable bonds is 4. The highest BCUT2D eigenvalue weighted by molar-refractivity contribution is 7.18. The van der Waals surface area contributed by atoms with Crippen LogP contribution in [-0.2, 0) is 12.8 Å². The molecule has 162 valence electrons. The Morgan fingerprint density at radius 1 is 1.12 bits per heavy atom. The number of para-hydroxylation sites is 1. The number of aromatic nitrogens is 1. The van der Waals surface area contributed by atoms with Gasteiger partial charge in [0.2, 0.25) is 0 Å². The topological polar surface area (TPSA) is 91.4 Å². The summed E-state index contributed by atoms with van der Waals surface area (Å²) in [5, 5.41) is 14.2. The second-order valence-corrected chi connectivity index (χ2v) is 9.23. The molecule has 7 heteroatoms. The highest BCUT2D eigenvalue weighted by Gasteiger charge is 2.27. The highest BCUT2D eigenvalue weighted by Crippen LogP contribution is 2.41. The van der Waals surface area contributed by atoms with Crippen molar-refractivity contribution in [3.05, 3.63) is 81.0 Å². The number of amides is 1. The number of pyridine rings is 1. The summed E-state index contributed by atoms with van der Waals surface area (Å²) in [6.45, 7) is 2.20. The zero-order valence-electron chi connectivity index (χ0n) is 17.5. The number of benzene rings is 2. The highest BCUT2D eigenvalue weighted by atomic mass is 32.1. The van der Waals surface area contributed by atoms with Crippen LogP contribution in [0.4, 0.5) is 5.69 Å². The number of anilines is 1. The Morgan fingerprint density at radius 2 is 1.84 bits per heavy atom. The van der Waals surface area contributed by atoms with Crippen LogP contribution >= 0.6 is 11.3 Å². The number of carbonyl (C=O) groups excluding carboxylic acids is 1.